The molecule has 2 aromatic carbocycles. The van der Waals surface area contributed by atoms with Gasteiger partial charge in [-0.2, -0.15) is 4.39 Å². The highest BCUT2D eigenvalue weighted by Gasteiger charge is 2.19. The smallest absolute Gasteiger partial charge is 0.333 e. The lowest BCUT2D eigenvalue weighted by Crippen LogP contribution is -2.38. The molecule has 0 unspecified atom stereocenters. The summed E-state index contributed by atoms with van der Waals surface area (Å²) in [6.45, 7) is 0. The van der Waals surface area contributed by atoms with Crippen molar-refractivity contribution in [3.63, 3.8) is 0 Å². The molecule has 1 heterocycles. The van der Waals surface area contributed by atoms with Crippen LogP contribution in [-0.4, -0.2) is 27.5 Å². The van der Waals surface area contributed by atoms with Crippen molar-refractivity contribution in [1.29, 1.82) is 0 Å². The standard InChI is InChI=1S/C18H13FN4O6/c1-29-12-4-2-3-11(8-12)22-17(25)13(9-20-18(22)26)16(24)21-10-5-6-14(19)15(7-10)23(27)28/h2-9H,1H3,(H,20,26)(H,21,24). The van der Waals surface area contributed by atoms with Crippen molar-refractivity contribution in [1.82, 2.24) is 9.55 Å². The van der Waals surface area contributed by atoms with E-state index in [0.717, 1.165) is 29.0 Å². The van der Waals surface area contributed by atoms with Crippen molar-refractivity contribution in [2.45, 2.75) is 0 Å². The first-order valence-corrected chi connectivity index (χ1v) is 8.06. The second-order valence-corrected chi connectivity index (χ2v) is 5.73. The van der Waals surface area contributed by atoms with Crippen molar-refractivity contribution in [3.8, 4) is 11.4 Å². The summed E-state index contributed by atoms with van der Waals surface area (Å²) in [7, 11) is 1.41. The van der Waals surface area contributed by atoms with E-state index in [0.29, 0.717) is 5.75 Å². The SMILES string of the molecule is COc1cccc(-n2c(=O)[nH]cc(C(=O)Nc3ccc(F)c([N+](=O)[O-])c3)c2=O)c1. The van der Waals surface area contributed by atoms with Crippen LogP contribution >= 0.6 is 0 Å². The summed E-state index contributed by atoms with van der Waals surface area (Å²) in [6.07, 6.45) is 0.925. The van der Waals surface area contributed by atoms with Crippen LogP contribution in [0.4, 0.5) is 15.8 Å². The van der Waals surface area contributed by atoms with E-state index < -0.39 is 39.1 Å². The number of nitrogens with zero attached hydrogens (tertiary/aromatic N) is 2. The van der Waals surface area contributed by atoms with Crippen molar-refractivity contribution < 1.29 is 18.8 Å². The molecule has 0 saturated carbocycles. The Morgan fingerprint density at radius 1 is 1.24 bits per heavy atom. The van der Waals surface area contributed by atoms with Gasteiger partial charge in [-0.3, -0.25) is 19.7 Å². The molecule has 2 N–H and O–H groups in total. The molecule has 1 amide bonds. The fraction of sp³-hybridized carbons (Fsp3) is 0.0556. The third kappa shape index (κ3) is 3.88. The van der Waals surface area contributed by atoms with Gasteiger partial charge in [0.1, 0.15) is 11.3 Å². The Morgan fingerprint density at radius 2 is 2.00 bits per heavy atom. The van der Waals surface area contributed by atoms with Crippen molar-refractivity contribution in [3.05, 3.63) is 91.0 Å². The summed E-state index contributed by atoms with van der Waals surface area (Å²) in [5.41, 5.74) is -2.89. The number of carbonyl (C=O) groups is 1. The Bertz CT molecular complexity index is 1230. The zero-order valence-electron chi connectivity index (χ0n) is 14.8. The van der Waals surface area contributed by atoms with E-state index in [9.17, 15) is 28.9 Å². The first-order chi connectivity index (χ1) is 13.8. The van der Waals surface area contributed by atoms with Gasteiger partial charge < -0.3 is 15.0 Å². The molecular formula is C18H13FN4O6. The number of rotatable bonds is 5. The number of methoxy groups -OCH3 is 1. The summed E-state index contributed by atoms with van der Waals surface area (Å²) in [5, 5.41) is 13.1. The number of hydrogen-bond donors (Lipinski definition) is 2. The monoisotopic (exact) mass is 400 g/mol. The zero-order chi connectivity index (χ0) is 21.1. The molecule has 3 rings (SSSR count). The summed E-state index contributed by atoms with van der Waals surface area (Å²) in [6, 6.07) is 8.82. The number of nitro groups is 1. The van der Waals surface area contributed by atoms with E-state index in [1.54, 1.807) is 12.1 Å². The number of aromatic nitrogens is 2. The highest BCUT2D eigenvalue weighted by molar-refractivity contribution is 6.04. The third-order valence-electron chi connectivity index (χ3n) is 3.93. The molecule has 0 radical (unpaired) electrons. The van der Waals surface area contributed by atoms with Crippen LogP contribution in [0.25, 0.3) is 5.69 Å². The number of H-pyrrole nitrogens is 1. The van der Waals surface area contributed by atoms with E-state index in [1.165, 1.54) is 19.2 Å². The predicted molar refractivity (Wildman–Crippen MR) is 100 cm³/mol. The Balaban J connectivity index is 2.01. The molecule has 11 heteroatoms. The van der Waals surface area contributed by atoms with Crippen LogP contribution in [0.5, 0.6) is 5.75 Å². The van der Waals surface area contributed by atoms with Gasteiger partial charge in [0.25, 0.3) is 11.5 Å². The highest BCUT2D eigenvalue weighted by Crippen LogP contribution is 2.22. The summed E-state index contributed by atoms with van der Waals surface area (Å²) < 4.78 is 19.2. The summed E-state index contributed by atoms with van der Waals surface area (Å²) >= 11 is 0. The Labute approximate surface area is 161 Å². The molecule has 29 heavy (non-hydrogen) atoms. The number of hydrogen-bond acceptors (Lipinski definition) is 6. The zero-order valence-corrected chi connectivity index (χ0v) is 14.8. The van der Waals surface area contributed by atoms with Crippen LogP contribution in [0.2, 0.25) is 0 Å². The minimum atomic E-state index is -1.07. The van der Waals surface area contributed by atoms with Gasteiger partial charge in [0.15, 0.2) is 0 Å². The van der Waals surface area contributed by atoms with Crippen LogP contribution in [0.3, 0.4) is 0 Å². The van der Waals surface area contributed by atoms with Crippen molar-refractivity contribution in [2.75, 3.05) is 12.4 Å². The molecule has 0 fully saturated rings. The number of aromatic amines is 1. The maximum absolute atomic E-state index is 13.4. The Morgan fingerprint density at radius 3 is 2.69 bits per heavy atom. The van der Waals surface area contributed by atoms with Crippen molar-refractivity contribution >= 4 is 17.3 Å². The molecule has 3 aromatic rings. The largest absolute Gasteiger partial charge is 0.497 e. The van der Waals surface area contributed by atoms with Gasteiger partial charge in [0, 0.05) is 24.0 Å². The van der Waals surface area contributed by atoms with Crippen LogP contribution in [0.1, 0.15) is 10.4 Å². The third-order valence-corrected chi connectivity index (χ3v) is 3.93. The molecule has 0 saturated heterocycles. The molecule has 10 nitrogen and oxygen atoms in total. The average molecular weight is 400 g/mol. The number of nitrogens with one attached hydrogen (secondary N) is 2. The number of ether oxygens (including phenoxy) is 1. The van der Waals surface area contributed by atoms with Crippen molar-refractivity contribution in [2.24, 2.45) is 0 Å². The Hall–Kier alpha value is -4.28. The molecule has 0 spiro atoms. The molecular weight excluding hydrogens is 387 g/mol. The number of nitro benzene ring substituents is 1. The summed E-state index contributed by atoms with van der Waals surface area (Å²) in [5.74, 6) is -1.62. The van der Waals surface area contributed by atoms with Gasteiger partial charge in [-0.1, -0.05) is 6.07 Å². The topological polar surface area (TPSA) is 136 Å². The van der Waals surface area contributed by atoms with Gasteiger partial charge in [-0.25, -0.2) is 9.36 Å². The number of amides is 1. The van der Waals surface area contributed by atoms with E-state index in [2.05, 4.69) is 10.3 Å². The highest BCUT2D eigenvalue weighted by atomic mass is 19.1. The fourth-order valence-corrected chi connectivity index (χ4v) is 2.55. The number of halogens is 1. The van der Waals surface area contributed by atoms with Crippen LogP contribution < -0.4 is 21.3 Å². The predicted octanol–water partition coefficient (Wildman–Crippen LogP) is 1.83. The minimum Gasteiger partial charge on any atom is -0.497 e. The average Bonchev–Trinajstić information content (AvgIpc) is 2.69. The Kier molecular flexibility index (Phi) is 5.21. The van der Waals surface area contributed by atoms with Crippen LogP contribution in [0, 0.1) is 15.9 Å². The minimum absolute atomic E-state index is 0.0957. The summed E-state index contributed by atoms with van der Waals surface area (Å²) in [4.78, 5) is 49.5. The first kappa shape index (κ1) is 19.5. The quantitative estimate of drug-likeness (QED) is 0.495. The maximum Gasteiger partial charge on any atom is 0.333 e. The molecule has 0 atom stereocenters. The fourth-order valence-electron chi connectivity index (χ4n) is 2.55. The molecule has 0 bridgehead atoms. The lowest BCUT2D eigenvalue weighted by atomic mass is 10.2. The van der Waals surface area contributed by atoms with E-state index in [4.69, 9.17) is 4.74 Å². The lowest BCUT2D eigenvalue weighted by Gasteiger charge is -2.09. The van der Waals surface area contributed by atoms with Crippen LogP contribution in [0.15, 0.2) is 58.3 Å². The molecule has 0 aliphatic heterocycles. The van der Waals surface area contributed by atoms with E-state index in [-0.39, 0.29) is 11.4 Å². The molecule has 0 aliphatic carbocycles. The number of benzene rings is 2. The van der Waals surface area contributed by atoms with Crippen LogP contribution in [-0.2, 0) is 0 Å². The van der Waals surface area contributed by atoms with Gasteiger partial charge in [-0.05, 0) is 24.3 Å². The lowest BCUT2D eigenvalue weighted by molar-refractivity contribution is -0.387. The second kappa shape index (κ2) is 7.76. The normalized spacial score (nSPS) is 10.4. The van der Waals surface area contributed by atoms with Gasteiger partial charge in [-0.15, -0.1) is 0 Å². The number of anilines is 1. The van der Waals surface area contributed by atoms with Gasteiger partial charge in [0.2, 0.25) is 5.82 Å². The second-order valence-electron chi connectivity index (χ2n) is 5.73. The molecule has 1 aromatic heterocycles. The van der Waals surface area contributed by atoms with Gasteiger partial charge >= 0.3 is 11.4 Å². The first-order valence-electron chi connectivity index (χ1n) is 8.06. The van der Waals surface area contributed by atoms with E-state index in [1.807, 2.05) is 0 Å². The number of carbonyl (C=O) groups excluding carboxylic acids is 1. The van der Waals surface area contributed by atoms with E-state index >= 15 is 0 Å². The molecule has 148 valence electrons. The van der Waals surface area contributed by atoms with Gasteiger partial charge in [0.05, 0.1) is 17.7 Å². The maximum atomic E-state index is 13.4. The molecule has 0 aliphatic rings.